The number of anilines is 1. The standard InChI is InChI=1S/C19H27N5OS.2ClH/c1-14(15-2-5-20-6-3-15)12-17(25)23-7-9-24(10-8-23)18-16-4-11-26-19(16)22-13-21-18;;/h4,11,13-15,20H,2-3,5-10,12H2,1H3;2*1H. The second-order valence-corrected chi connectivity index (χ2v) is 8.37. The van der Waals surface area contributed by atoms with Gasteiger partial charge in [-0.2, -0.15) is 0 Å². The van der Waals surface area contributed by atoms with Gasteiger partial charge in [-0.05, 0) is 49.2 Å². The zero-order valence-corrected chi connectivity index (χ0v) is 18.6. The van der Waals surface area contributed by atoms with Gasteiger partial charge in [0.25, 0.3) is 0 Å². The normalized spacial score (nSPS) is 19.0. The van der Waals surface area contributed by atoms with E-state index in [1.54, 1.807) is 17.7 Å². The summed E-state index contributed by atoms with van der Waals surface area (Å²) in [7, 11) is 0. The van der Waals surface area contributed by atoms with Crippen LogP contribution >= 0.6 is 36.2 Å². The number of rotatable bonds is 4. The molecule has 2 fully saturated rings. The molecule has 1 atom stereocenters. The minimum atomic E-state index is 0. The van der Waals surface area contributed by atoms with Gasteiger partial charge in [-0.3, -0.25) is 4.79 Å². The van der Waals surface area contributed by atoms with E-state index in [0.717, 1.165) is 55.3 Å². The Labute approximate surface area is 182 Å². The van der Waals surface area contributed by atoms with Crippen LogP contribution in [-0.2, 0) is 4.79 Å². The summed E-state index contributed by atoms with van der Waals surface area (Å²) in [6.07, 6.45) is 4.73. The van der Waals surface area contributed by atoms with Crippen LogP contribution < -0.4 is 10.2 Å². The number of fused-ring (bicyclic) bond motifs is 1. The molecule has 2 aliphatic heterocycles. The van der Waals surface area contributed by atoms with Crippen LogP contribution in [0.3, 0.4) is 0 Å². The van der Waals surface area contributed by atoms with E-state index in [1.807, 2.05) is 4.90 Å². The first-order valence-electron chi connectivity index (χ1n) is 9.64. The Morgan fingerprint density at radius 1 is 1.21 bits per heavy atom. The van der Waals surface area contributed by atoms with Crippen LogP contribution in [0.25, 0.3) is 10.2 Å². The van der Waals surface area contributed by atoms with E-state index in [2.05, 4.69) is 38.6 Å². The minimum absolute atomic E-state index is 0. The highest BCUT2D eigenvalue weighted by Gasteiger charge is 2.27. The number of hydrogen-bond donors (Lipinski definition) is 1. The summed E-state index contributed by atoms with van der Waals surface area (Å²) in [6, 6.07) is 2.09. The Bertz CT molecular complexity index is 760. The van der Waals surface area contributed by atoms with Gasteiger partial charge in [-0.25, -0.2) is 9.97 Å². The van der Waals surface area contributed by atoms with E-state index in [4.69, 9.17) is 0 Å². The molecule has 0 radical (unpaired) electrons. The first-order valence-corrected chi connectivity index (χ1v) is 10.5. The van der Waals surface area contributed by atoms with Gasteiger partial charge in [-0.15, -0.1) is 36.2 Å². The van der Waals surface area contributed by atoms with Crippen LogP contribution in [0.15, 0.2) is 17.8 Å². The molecule has 0 aromatic carbocycles. The molecule has 0 saturated carbocycles. The van der Waals surface area contributed by atoms with Crippen LogP contribution in [0, 0.1) is 11.8 Å². The van der Waals surface area contributed by atoms with Crippen molar-refractivity contribution in [2.24, 2.45) is 11.8 Å². The van der Waals surface area contributed by atoms with Gasteiger partial charge in [0.15, 0.2) is 0 Å². The number of thiophene rings is 1. The Kier molecular flexibility index (Phi) is 8.74. The van der Waals surface area contributed by atoms with Crippen molar-refractivity contribution in [3.8, 4) is 0 Å². The number of nitrogens with one attached hydrogen (secondary N) is 1. The third-order valence-corrected chi connectivity index (χ3v) is 6.68. The molecule has 2 aromatic rings. The van der Waals surface area contributed by atoms with Crippen LogP contribution in [-0.4, -0.2) is 60.0 Å². The summed E-state index contributed by atoms with van der Waals surface area (Å²) in [5, 5.41) is 6.59. The number of aromatic nitrogens is 2. The molecule has 0 bridgehead atoms. The SMILES string of the molecule is CC(CC(=O)N1CCN(c2ncnc3sccc23)CC1)C1CCNCC1.Cl.Cl. The predicted molar refractivity (Wildman–Crippen MR) is 120 cm³/mol. The molecule has 1 unspecified atom stereocenters. The van der Waals surface area contributed by atoms with Gasteiger partial charge in [0, 0.05) is 32.6 Å². The van der Waals surface area contributed by atoms with E-state index < -0.39 is 0 Å². The van der Waals surface area contributed by atoms with E-state index in [1.165, 1.54) is 12.8 Å². The van der Waals surface area contributed by atoms with Crippen molar-refractivity contribution >= 4 is 58.1 Å². The van der Waals surface area contributed by atoms with Gasteiger partial charge < -0.3 is 15.1 Å². The molecule has 1 N–H and O–H groups in total. The van der Waals surface area contributed by atoms with Gasteiger partial charge in [0.2, 0.25) is 5.91 Å². The monoisotopic (exact) mass is 445 g/mol. The summed E-state index contributed by atoms with van der Waals surface area (Å²) in [5.74, 6) is 2.50. The van der Waals surface area contributed by atoms with Gasteiger partial charge >= 0.3 is 0 Å². The van der Waals surface area contributed by atoms with Crippen LogP contribution in [0.2, 0.25) is 0 Å². The summed E-state index contributed by atoms with van der Waals surface area (Å²) >= 11 is 1.64. The third kappa shape index (κ3) is 5.06. The number of carbonyl (C=O) groups excluding carboxylic acids is 1. The maximum atomic E-state index is 12.7. The molecule has 2 saturated heterocycles. The molecule has 28 heavy (non-hydrogen) atoms. The van der Waals surface area contributed by atoms with Crippen molar-refractivity contribution in [3.05, 3.63) is 17.8 Å². The molecule has 156 valence electrons. The highest BCUT2D eigenvalue weighted by Crippen LogP contribution is 2.28. The highest BCUT2D eigenvalue weighted by molar-refractivity contribution is 7.16. The van der Waals surface area contributed by atoms with Crippen molar-refractivity contribution in [1.29, 1.82) is 0 Å². The van der Waals surface area contributed by atoms with Crippen molar-refractivity contribution < 1.29 is 4.79 Å². The Morgan fingerprint density at radius 2 is 1.93 bits per heavy atom. The maximum absolute atomic E-state index is 12.7. The third-order valence-electron chi connectivity index (χ3n) is 5.86. The molecule has 4 rings (SSSR count). The van der Waals surface area contributed by atoms with E-state index in [9.17, 15) is 4.79 Å². The van der Waals surface area contributed by atoms with Crippen LogP contribution in [0.4, 0.5) is 5.82 Å². The zero-order chi connectivity index (χ0) is 17.9. The second kappa shape index (κ2) is 10.6. The Hall–Kier alpha value is -1.15. The first kappa shape index (κ1) is 23.1. The maximum Gasteiger partial charge on any atom is 0.222 e. The van der Waals surface area contributed by atoms with Crippen LogP contribution in [0.5, 0.6) is 0 Å². The average Bonchev–Trinajstić information content (AvgIpc) is 3.17. The molecular weight excluding hydrogens is 417 g/mol. The zero-order valence-electron chi connectivity index (χ0n) is 16.2. The summed E-state index contributed by atoms with van der Waals surface area (Å²) in [4.78, 5) is 26.9. The summed E-state index contributed by atoms with van der Waals surface area (Å²) < 4.78 is 0. The molecule has 0 aliphatic carbocycles. The fourth-order valence-electron chi connectivity index (χ4n) is 4.18. The average molecular weight is 446 g/mol. The van der Waals surface area contributed by atoms with E-state index in [0.29, 0.717) is 24.2 Å². The number of carbonyl (C=O) groups is 1. The lowest BCUT2D eigenvalue weighted by Gasteiger charge is -2.36. The number of piperidine rings is 1. The van der Waals surface area contributed by atoms with Crippen LogP contribution in [0.1, 0.15) is 26.2 Å². The number of piperazine rings is 1. The molecule has 6 nitrogen and oxygen atoms in total. The molecule has 9 heteroatoms. The van der Waals surface area contributed by atoms with Crippen molar-refractivity contribution in [2.45, 2.75) is 26.2 Å². The Balaban J connectivity index is 0.00000140. The summed E-state index contributed by atoms with van der Waals surface area (Å²) in [5.41, 5.74) is 0. The lowest BCUT2D eigenvalue weighted by atomic mass is 9.84. The predicted octanol–water partition coefficient (Wildman–Crippen LogP) is 3.21. The van der Waals surface area contributed by atoms with Crippen molar-refractivity contribution in [2.75, 3.05) is 44.2 Å². The lowest BCUT2D eigenvalue weighted by Crippen LogP contribution is -2.49. The molecule has 1 amide bonds. The number of amides is 1. The molecule has 2 aliphatic rings. The minimum Gasteiger partial charge on any atom is -0.352 e. The number of halogens is 2. The van der Waals surface area contributed by atoms with Gasteiger partial charge in [0.05, 0.1) is 5.39 Å². The lowest BCUT2D eigenvalue weighted by molar-refractivity contribution is -0.132. The van der Waals surface area contributed by atoms with Gasteiger partial charge in [-0.1, -0.05) is 6.92 Å². The first-order chi connectivity index (χ1) is 12.7. The fraction of sp³-hybridized carbons (Fsp3) is 0.632. The second-order valence-electron chi connectivity index (χ2n) is 7.47. The van der Waals surface area contributed by atoms with E-state index in [-0.39, 0.29) is 24.8 Å². The van der Waals surface area contributed by atoms with E-state index >= 15 is 0 Å². The fourth-order valence-corrected chi connectivity index (χ4v) is 4.91. The smallest absolute Gasteiger partial charge is 0.222 e. The van der Waals surface area contributed by atoms with Crippen molar-refractivity contribution in [1.82, 2.24) is 20.2 Å². The number of nitrogens with zero attached hydrogens (tertiary/aromatic N) is 4. The van der Waals surface area contributed by atoms with Gasteiger partial charge in [0.1, 0.15) is 17.0 Å². The molecule has 2 aromatic heterocycles. The molecular formula is C19H29Cl2N5OS. The largest absolute Gasteiger partial charge is 0.352 e. The molecule has 4 heterocycles. The topological polar surface area (TPSA) is 61.4 Å². The highest BCUT2D eigenvalue weighted by atomic mass is 35.5. The summed E-state index contributed by atoms with van der Waals surface area (Å²) in [6.45, 7) is 7.69. The molecule has 0 spiro atoms. The number of hydrogen-bond acceptors (Lipinski definition) is 6. The quantitative estimate of drug-likeness (QED) is 0.782. The Morgan fingerprint density at radius 3 is 2.64 bits per heavy atom. The van der Waals surface area contributed by atoms with Crippen molar-refractivity contribution in [3.63, 3.8) is 0 Å².